The van der Waals surface area contributed by atoms with Gasteiger partial charge in [-0.15, -0.1) is 0 Å². The number of ether oxygens (including phenoxy) is 2. The highest BCUT2D eigenvalue weighted by molar-refractivity contribution is 5.19. The second-order valence-corrected chi connectivity index (χ2v) is 7.03. The molecule has 1 saturated heterocycles. The highest BCUT2D eigenvalue weighted by Gasteiger charge is 2.49. The number of hydrogen-bond acceptors (Lipinski definition) is 8. The van der Waals surface area contributed by atoms with Crippen LogP contribution >= 0.6 is 0 Å². The molecule has 8 nitrogen and oxygen atoms in total. The van der Waals surface area contributed by atoms with Gasteiger partial charge < -0.3 is 40.1 Å². The van der Waals surface area contributed by atoms with Crippen molar-refractivity contribution >= 4 is 0 Å². The van der Waals surface area contributed by atoms with Crippen molar-refractivity contribution in [3.8, 4) is 0 Å². The summed E-state index contributed by atoms with van der Waals surface area (Å²) in [7, 11) is 0. The molecule has 1 fully saturated rings. The molecule has 0 unspecified atom stereocenters. The molecule has 6 N–H and O–H groups in total. The molecule has 2 aliphatic rings. The predicted octanol–water partition coefficient (Wildman–Crippen LogP) is -1.73. The van der Waals surface area contributed by atoms with E-state index in [0.29, 0.717) is 5.57 Å². The molecule has 8 atom stereocenters. The molecule has 0 bridgehead atoms. The summed E-state index contributed by atoms with van der Waals surface area (Å²) >= 11 is 0. The zero-order chi connectivity index (χ0) is 18.2. The third kappa shape index (κ3) is 3.51. The number of rotatable bonds is 4. The zero-order valence-electron chi connectivity index (χ0n) is 14.1. The van der Waals surface area contributed by atoms with E-state index in [1.54, 1.807) is 26.8 Å². The van der Waals surface area contributed by atoms with Crippen LogP contribution in [0.3, 0.4) is 0 Å². The van der Waals surface area contributed by atoms with Crippen LogP contribution in [-0.2, 0) is 9.47 Å². The average Bonchev–Trinajstić information content (AvgIpc) is 2.52. The Balaban J connectivity index is 2.23. The van der Waals surface area contributed by atoms with Gasteiger partial charge in [0.25, 0.3) is 0 Å². The maximum Gasteiger partial charge on any atom is 0.187 e. The van der Waals surface area contributed by atoms with Gasteiger partial charge in [0.1, 0.15) is 30.5 Å². The fraction of sp³-hybridized carbons (Fsp3) is 0.875. The third-order valence-electron chi connectivity index (χ3n) is 5.08. The van der Waals surface area contributed by atoms with Crippen LogP contribution in [0.1, 0.15) is 27.2 Å². The van der Waals surface area contributed by atoms with E-state index in [-0.39, 0.29) is 12.3 Å². The Kier molecular flexibility index (Phi) is 6.04. The van der Waals surface area contributed by atoms with Crippen LogP contribution in [0.4, 0.5) is 0 Å². The van der Waals surface area contributed by atoms with E-state index >= 15 is 0 Å². The Morgan fingerprint density at radius 3 is 2.38 bits per heavy atom. The third-order valence-corrected chi connectivity index (χ3v) is 5.08. The number of aliphatic hydroxyl groups is 6. The maximum absolute atomic E-state index is 10.9. The van der Waals surface area contributed by atoms with Crippen molar-refractivity contribution in [2.45, 2.75) is 75.7 Å². The highest BCUT2D eigenvalue weighted by Crippen LogP contribution is 2.37. The molecular formula is C16H28O8. The standard InChI is InChI=1S/C16H28O8/c1-7(2)16(22)5-9(18)8(3)4-11(16)24-15-14(21)13(20)12(19)10(6-17)23-15/h4,7,9-15,17-22H,5-6H2,1-3H3/t9-,10-,11+,12-,13+,14-,15+,16-/m1/s1. The van der Waals surface area contributed by atoms with E-state index in [2.05, 4.69) is 0 Å². The average molecular weight is 348 g/mol. The predicted molar refractivity (Wildman–Crippen MR) is 82.8 cm³/mol. The molecule has 8 heteroatoms. The van der Waals surface area contributed by atoms with Gasteiger partial charge in [0, 0.05) is 6.42 Å². The largest absolute Gasteiger partial charge is 0.394 e. The first-order chi connectivity index (χ1) is 11.1. The Morgan fingerprint density at radius 1 is 1.21 bits per heavy atom. The molecule has 0 saturated carbocycles. The molecule has 140 valence electrons. The van der Waals surface area contributed by atoms with Crippen molar-refractivity contribution in [1.29, 1.82) is 0 Å². The lowest BCUT2D eigenvalue weighted by atomic mass is 9.75. The molecule has 1 aliphatic heterocycles. The van der Waals surface area contributed by atoms with Crippen LogP contribution in [0.5, 0.6) is 0 Å². The molecule has 2 rings (SSSR count). The van der Waals surface area contributed by atoms with Gasteiger partial charge in [-0.25, -0.2) is 0 Å². The van der Waals surface area contributed by atoms with Gasteiger partial charge in [0.2, 0.25) is 0 Å². The smallest absolute Gasteiger partial charge is 0.187 e. The molecular weight excluding hydrogens is 320 g/mol. The fourth-order valence-electron chi connectivity index (χ4n) is 3.13. The van der Waals surface area contributed by atoms with Crippen molar-refractivity contribution in [2.75, 3.05) is 6.61 Å². The molecule has 0 amide bonds. The Morgan fingerprint density at radius 2 is 1.83 bits per heavy atom. The van der Waals surface area contributed by atoms with E-state index in [9.17, 15) is 30.6 Å². The molecule has 0 aromatic carbocycles. The van der Waals surface area contributed by atoms with Crippen molar-refractivity contribution in [2.24, 2.45) is 5.92 Å². The molecule has 0 aromatic heterocycles. The second-order valence-electron chi connectivity index (χ2n) is 7.03. The van der Waals surface area contributed by atoms with E-state index in [0.717, 1.165) is 0 Å². The monoisotopic (exact) mass is 348 g/mol. The zero-order valence-corrected chi connectivity index (χ0v) is 14.1. The van der Waals surface area contributed by atoms with Crippen LogP contribution in [0.15, 0.2) is 11.6 Å². The van der Waals surface area contributed by atoms with Crippen LogP contribution in [-0.4, -0.2) is 85.8 Å². The van der Waals surface area contributed by atoms with Crippen molar-refractivity contribution < 1.29 is 40.1 Å². The molecule has 0 aromatic rings. The SMILES string of the molecule is CC1=C[C@H](O[C@@H]2O[C@H](CO)[C@@H](O)[C@H](O)[C@H]2O)[C@](O)(C(C)C)C[C@H]1O. The van der Waals surface area contributed by atoms with E-state index in [1.165, 1.54) is 0 Å². The first-order valence-electron chi connectivity index (χ1n) is 8.16. The lowest BCUT2D eigenvalue weighted by Gasteiger charge is -2.46. The Bertz CT molecular complexity index is 465. The lowest BCUT2D eigenvalue weighted by Crippen LogP contribution is -2.62. The summed E-state index contributed by atoms with van der Waals surface area (Å²) < 4.78 is 11.0. The summed E-state index contributed by atoms with van der Waals surface area (Å²) in [5.74, 6) is -0.258. The molecule has 24 heavy (non-hydrogen) atoms. The van der Waals surface area contributed by atoms with Gasteiger partial charge in [-0.1, -0.05) is 19.9 Å². The van der Waals surface area contributed by atoms with Gasteiger partial charge in [-0.2, -0.15) is 0 Å². The van der Waals surface area contributed by atoms with Crippen molar-refractivity contribution in [1.82, 2.24) is 0 Å². The molecule has 1 heterocycles. The van der Waals surface area contributed by atoms with Crippen LogP contribution in [0.25, 0.3) is 0 Å². The van der Waals surface area contributed by atoms with Gasteiger partial charge in [-0.3, -0.25) is 0 Å². The van der Waals surface area contributed by atoms with Gasteiger partial charge >= 0.3 is 0 Å². The van der Waals surface area contributed by atoms with Gasteiger partial charge in [-0.05, 0) is 18.4 Å². The van der Waals surface area contributed by atoms with Gasteiger partial charge in [0.05, 0.1) is 18.3 Å². The van der Waals surface area contributed by atoms with Crippen LogP contribution in [0, 0.1) is 5.92 Å². The summed E-state index contributed by atoms with van der Waals surface area (Å²) in [6.07, 6.45) is -7.04. The summed E-state index contributed by atoms with van der Waals surface area (Å²) in [5, 5.41) is 59.9. The van der Waals surface area contributed by atoms with Crippen LogP contribution in [0.2, 0.25) is 0 Å². The number of hydrogen-bond donors (Lipinski definition) is 6. The van der Waals surface area contributed by atoms with Crippen molar-refractivity contribution in [3.05, 3.63) is 11.6 Å². The summed E-state index contributed by atoms with van der Waals surface area (Å²) in [4.78, 5) is 0. The quantitative estimate of drug-likeness (QED) is 0.329. The van der Waals surface area contributed by atoms with Crippen molar-refractivity contribution in [3.63, 3.8) is 0 Å². The first kappa shape index (κ1) is 19.7. The van der Waals surface area contributed by atoms with E-state index < -0.39 is 55.1 Å². The molecule has 1 aliphatic carbocycles. The first-order valence-corrected chi connectivity index (χ1v) is 8.16. The van der Waals surface area contributed by atoms with E-state index in [1.807, 2.05) is 0 Å². The summed E-state index contributed by atoms with van der Waals surface area (Å²) in [5.41, 5.74) is -0.771. The minimum absolute atomic E-state index is 0.0646. The molecule has 0 radical (unpaired) electrons. The fourth-order valence-corrected chi connectivity index (χ4v) is 3.13. The normalized spacial score (nSPS) is 46.9. The maximum atomic E-state index is 10.9. The minimum Gasteiger partial charge on any atom is -0.394 e. The minimum atomic E-state index is -1.55. The summed E-state index contributed by atoms with van der Waals surface area (Å²) in [6, 6.07) is 0. The Hall–Kier alpha value is -0.580. The summed E-state index contributed by atoms with van der Waals surface area (Å²) in [6.45, 7) is 4.71. The second kappa shape index (κ2) is 7.35. The van der Waals surface area contributed by atoms with E-state index in [4.69, 9.17) is 9.47 Å². The van der Waals surface area contributed by atoms with Gasteiger partial charge in [0.15, 0.2) is 6.29 Å². The lowest BCUT2D eigenvalue weighted by molar-refractivity contribution is -0.322. The highest BCUT2D eigenvalue weighted by atomic mass is 16.7. The topological polar surface area (TPSA) is 140 Å². The van der Waals surface area contributed by atoms with Crippen LogP contribution < -0.4 is 0 Å². The molecule has 0 spiro atoms. The number of aliphatic hydroxyl groups excluding tert-OH is 5. The Labute approximate surface area is 141 Å².